The van der Waals surface area contributed by atoms with Gasteiger partial charge in [0.2, 0.25) is 11.8 Å². The van der Waals surface area contributed by atoms with Gasteiger partial charge in [-0.15, -0.1) is 10.2 Å². The van der Waals surface area contributed by atoms with Crippen LogP contribution in [0.4, 0.5) is 0 Å². The van der Waals surface area contributed by atoms with Crippen molar-refractivity contribution in [2.24, 2.45) is 5.92 Å². The Labute approximate surface area is 126 Å². The second kappa shape index (κ2) is 5.83. The molecule has 1 N–H and O–H groups in total. The molecule has 0 atom stereocenters. The number of hydrogen-bond acceptors (Lipinski definition) is 5. The summed E-state index contributed by atoms with van der Waals surface area (Å²) in [5.41, 5.74) is 0.825. The Morgan fingerprint density at radius 1 is 1.33 bits per heavy atom. The molecule has 21 heavy (non-hydrogen) atoms. The summed E-state index contributed by atoms with van der Waals surface area (Å²) < 4.78 is 5.61. The van der Waals surface area contributed by atoms with Gasteiger partial charge in [-0.1, -0.05) is 11.6 Å². The molecule has 2 heterocycles. The Morgan fingerprint density at radius 3 is 2.71 bits per heavy atom. The van der Waals surface area contributed by atoms with Crippen LogP contribution in [-0.2, 0) is 11.3 Å². The van der Waals surface area contributed by atoms with Gasteiger partial charge in [0.1, 0.15) is 0 Å². The van der Waals surface area contributed by atoms with Gasteiger partial charge in [-0.25, -0.2) is 0 Å². The van der Waals surface area contributed by atoms with Crippen LogP contribution in [0.2, 0.25) is 5.02 Å². The lowest BCUT2D eigenvalue weighted by Crippen LogP contribution is -2.46. The van der Waals surface area contributed by atoms with Crippen LogP contribution in [0, 0.1) is 5.92 Å². The summed E-state index contributed by atoms with van der Waals surface area (Å²) in [7, 11) is 0. The first-order valence-corrected chi connectivity index (χ1v) is 7.00. The Balaban J connectivity index is 1.57. The number of carbonyl (C=O) groups is 1. The van der Waals surface area contributed by atoms with Crippen LogP contribution >= 0.6 is 11.6 Å². The molecule has 1 aromatic carbocycles. The zero-order valence-electron chi connectivity index (χ0n) is 11.2. The first-order chi connectivity index (χ1) is 10.1. The van der Waals surface area contributed by atoms with Gasteiger partial charge in [-0.3, -0.25) is 9.69 Å². The molecule has 1 aromatic heterocycles. The zero-order valence-corrected chi connectivity index (χ0v) is 12.0. The van der Waals surface area contributed by atoms with Crippen molar-refractivity contribution >= 4 is 17.6 Å². The van der Waals surface area contributed by atoms with Crippen molar-refractivity contribution in [2.75, 3.05) is 13.1 Å². The molecule has 1 aliphatic rings. The summed E-state index contributed by atoms with van der Waals surface area (Å²) in [5, 5.41) is 17.4. The van der Waals surface area contributed by atoms with Crippen LogP contribution in [0.15, 0.2) is 28.7 Å². The second-order valence-electron chi connectivity index (χ2n) is 5.17. The largest absolute Gasteiger partial charge is 0.481 e. The number of aliphatic carboxylic acids is 1. The van der Waals surface area contributed by atoms with Crippen LogP contribution in [-0.4, -0.2) is 39.3 Å². The number of halogens is 1. The van der Waals surface area contributed by atoms with E-state index in [1.165, 1.54) is 0 Å². The maximum atomic E-state index is 10.6. The second-order valence-corrected chi connectivity index (χ2v) is 5.60. The minimum Gasteiger partial charge on any atom is -0.481 e. The molecule has 6 nitrogen and oxygen atoms in total. The van der Waals surface area contributed by atoms with Gasteiger partial charge >= 0.3 is 5.97 Å². The number of likely N-dealkylation sites (tertiary alicyclic amines) is 1. The Hall–Kier alpha value is -1.92. The molecular weight excluding hydrogens is 294 g/mol. The molecule has 0 unspecified atom stereocenters. The average molecular weight is 308 g/mol. The summed E-state index contributed by atoms with van der Waals surface area (Å²) in [4.78, 5) is 12.7. The average Bonchev–Trinajstić information content (AvgIpc) is 2.85. The van der Waals surface area contributed by atoms with E-state index in [1.807, 2.05) is 12.1 Å². The van der Waals surface area contributed by atoms with Gasteiger partial charge in [-0.05, 0) is 30.2 Å². The lowest BCUT2D eigenvalue weighted by atomic mass is 9.97. The first-order valence-electron chi connectivity index (χ1n) is 6.62. The third-order valence-corrected chi connectivity index (χ3v) is 3.66. The van der Waals surface area contributed by atoms with E-state index >= 15 is 0 Å². The number of carboxylic acids is 1. The zero-order chi connectivity index (χ0) is 14.8. The molecule has 1 saturated heterocycles. The number of hydrogen-bond donors (Lipinski definition) is 1. The van der Waals surface area contributed by atoms with E-state index in [9.17, 15) is 4.79 Å². The van der Waals surface area contributed by atoms with Crippen LogP contribution in [0.25, 0.3) is 11.5 Å². The molecule has 0 amide bonds. The SMILES string of the molecule is O=C(O)CC1CN(Cc2nnc(-c3ccc(Cl)cc3)o2)C1. The Kier molecular flexibility index (Phi) is 3.90. The normalized spacial score (nSPS) is 15.9. The highest BCUT2D eigenvalue weighted by Crippen LogP contribution is 2.23. The molecule has 0 saturated carbocycles. The summed E-state index contributed by atoms with van der Waals surface area (Å²) in [6.45, 7) is 2.06. The van der Waals surface area contributed by atoms with Gasteiger partial charge in [0.05, 0.1) is 13.0 Å². The highest BCUT2D eigenvalue weighted by molar-refractivity contribution is 6.30. The summed E-state index contributed by atoms with van der Waals surface area (Å²) >= 11 is 5.83. The molecule has 0 bridgehead atoms. The third-order valence-electron chi connectivity index (χ3n) is 3.41. The predicted octanol–water partition coefficient (Wildman–Crippen LogP) is 2.30. The highest BCUT2D eigenvalue weighted by Gasteiger charge is 2.29. The fourth-order valence-electron chi connectivity index (χ4n) is 2.40. The molecule has 1 fully saturated rings. The van der Waals surface area contributed by atoms with E-state index < -0.39 is 5.97 Å². The topological polar surface area (TPSA) is 79.5 Å². The van der Waals surface area contributed by atoms with E-state index in [2.05, 4.69) is 15.1 Å². The minimum absolute atomic E-state index is 0.219. The number of rotatable bonds is 5. The fraction of sp³-hybridized carbons (Fsp3) is 0.357. The maximum absolute atomic E-state index is 10.6. The molecule has 110 valence electrons. The predicted molar refractivity (Wildman–Crippen MR) is 75.8 cm³/mol. The van der Waals surface area contributed by atoms with Crippen molar-refractivity contribution in [2.45, 2.75) is 13.0 Å². The van der Waals surface area contributed by atoms with E-state index in [0.717, 1.165) is 18.7 Å². The van der Waals surface area contributed by atoms with Gasteiger partial charge in [0, 0.05) is 23.7 Å². The van der Waals surface area contributed by atoms with Crippen molar-refractivity contribution < 1.29 is 14.3 Å². The van der Waals surface area contributed by atoms with Crippen LogP contribution in [0.5, 0.6) is 0 Å². The maximum Gasteiger partial charge on any atom is 0.303 e. The van der Waals surface area contributed by atoms with Crippen LogP contribution in [0.3, 0.4) is 0 Å². The fourth-order valence-corrected chi connectivity index (χ4v) is 2.53. The van der Waals surface area contributed by atoms with E-state index in [-0.39, 0.29) is 12.3 Å². The molecule has 7 heteroatoms. The van der Waals surface area contributed by atoms with Gasteiger partial charge in [0.15, 0.2) is 0 Å². The van der Waals surface area contributed by atoms with Crippen molar-refractivity contribution in [1.29, 1.82) is 0 Å². The van der Waals surface area contributed by atoms with Gasteiger partial charge < -0.3 is 9.52 Å². The summed E-state index contributed by atoms with van der Waals surface area (Å²) in [6, 6.07) is 7.19. The van der Waals surface area contributed by atoms with Gasteiger partial charge in [0.25, 0.3) is 0 Å². The van der Waals surface area contributed by atoms with Crippen molar-refractivity contribution in [3.8, 4) is 11.5 Å². The Morgan fingerprint density at radius 2 is 2.05 bits per heavy atom. The highest BCUT2D eigenvalue weighted by atomic mass is 35.5. The number of carboxylic acid groups (broad SMARTS) is 1. The summed E-state index contributed by atoms with van der Waals surface area (Å²) in [5.74, 6) is 0.474. The third kappa shape index (κ3) is 3.40. The van der Waals surface area contributed by atoms with Crippen molar-refractivity contribution in [1.82, 2.24) is 15.1 Å². The number of nitrogens with zero attached hydrogens (tertiary/aromatic N) is 3. The minimum atomic E-state index is -0.748. The van der Waals surface area contributed by atoms with E-state index in [0.29, 0.717) is 23.3 Å². The van der Waals surface area contributed by atoms with Crippen molar-refractivity contribution in [3.05, 3.63) is 35.2 Å². The first kappa shape index (κ1) is 14.0. The van der Waals surface area contributed by atoms with Crippen LogP contribution in [0.1, 0.15) is 12.3 Å². The molecule has 0 radical (unpaired) electrons. The lowest BCUT2D eigenvalue weighted by Gasteiger charge is -2.37. The molecular formula is C14H14ClN3O3. The molecule has 1 aliphatic heterocycles. The monoisotopic (exact) mass is 307 g/mol. The quantitative estimate of drug-likeness (QED) is 0.913. The van der Waals surface area contributed by atoms with Crippen molar-refractivity contribution in [3.63, 3.8) is 0 Å². The number of benzene rings is 1. The number of aromatic nitrogens is 2. The molecule has 0 spiro atoms. The summed E-state index contributed by atoms with van der Waals surface area (Å²) in [6.07, 6.45) is 0.219. The van der Waals surface area contributed by atoms with Gasteiger partial charge in [-0.2, -0.15) is 0 Å². The molecule has 3 rings (SSSR count). The van der Waals surface area contributed by atoms with Crippen LogP contribution < -0.4 is 0 Å². The lowest BCUT2D eigenvalue weighted by molar-refractivity contribution is -0.139. The van der Waals surface area contributed by atoms with E-state index in [1.54, 1.807) is 12.1 Å². The molecule has 0 aliphatic carbocycles. The smallest absolute Gasteiger partial charge is 0.303 e. The molecule has 2 aromatic rings. The Bertz CT molecular complexity index is 635. The standard InChI is InChI=1S/C14H14ClN3O3/c15-11-3-1-10(2-4-11)14-17-16-12(21-14)8-18-6-9(7-18)5-13(19)20/h1-4,9H,5-8H2,(H,19,20). The van der Waals surface area contributed by atoms with E-state index in [4.69, 9.17) is 21.1 Å².